The Morgan fingerprint density at radius 1 is 0.446 bits per heavy atom. The molecule has 12 aromatic rings. The number of rotatable bonds is 4. The van der Waals surface area contributed by atoms with Crippen molar-refractivity contribution in [3.05, 3.63) is 228 Å². The van der Waals surface area contributed by atoms with Gasteiger partial charge in [-0.2, -0.15) is 5.26 Å². The molecular formula is C59H33N5O. The lowest BCUT2D eigenvalue weighted by Gasteiger charge is -2.30. The fourth-order valence-electron chi connectivity index (χ4n) is 11.2. The standard InChI is InChI=1S/C59H33N5O/c60-34-37-33-43(58-62-56(35-17-3-1-4-18-35)61-57(63-58)36-19-5-2-6-20-36)51-42-25-11-16-30-50(42)65-55(51)54(37)64-48-29-15-10-24-41(48)53-49(64)32-31-47-52(53)40-23-9-14-28-46(40)59(47)44-26-12-7-21-38(44)39-22-8-13-27-45(39)59/h1-33H. The van der Waals surface area contributed by atoms with E-state index in [1.165, 1.54) is 44.5 Å². The van der Waals surface area contributed by atoms with Crippen LogP contribution >= 0.6 is 0 Å². The lowest BCUT2D eigenvalue weighted by Crippen LogP contribution is -2.25. The highest BCUT2D eigenvalue weighted by atomic mass is 16.3. The van der Waals surface area contributed by atoms with Crippen molar-refractivity contribution in [2.75, 3.05) is 0 Å². The van der Waals surface area contributed by atoms with E-state index in [0.29, 0.717) is 45.5 Å². The molecular weight excluding hydrogens is 795 g/mol. The topological polar surface area (TPSA) is 80.5 Å². The number of nitriles is 1. The molecule has 0 saturated heterocycles. The van der Waals surface area contributed by atoms with Crippen LogP contribution in [-0.4, -0.2) is 19.5 Å². The van der Waals surface area contributed by atoms with Crippen molar-refractivity contribution < 1.29 is 4.42 Å². The molecule has 0 amide bonds. The lowest BCUT2D eigenvalue weighted by atomic mass is 9.70. The summed E-state index contributed by atoms with van der Waals surface area (Å²) in [6.45, 7) is 0. The summed E-state index contributed by atoms with van der Waals surface area (Å²) in [7, 11) is 0. The average molecular weight is 828 g/mol. The van der Waals surface area contributed by atoms with Gasteiger partial charge in [0.2, 0.25) is 0 Å². The van der Waals surface area contributed by atoms with Crippen LogP contribution in [0.4, 0.5) is 0 Å². The third-order valence-electron chi connectivity index (χ3n) is 13.7. The molecule has 0 bridgehead atoms. The number of furan rings is 1. The zero-order valence-corrected chi connectivity index (χ0v) is 34.7. The van der Waals surface area contributed by atoms with Crippen molar-refractivity contribution >= 4 is 43.7 Å². The predicted octanol–water partition coefficient (Wildman–Crippen LogP) is 14.1. The van der Waals surface area contributed by atoms with Gasteiger partial charge in [0.25, 0.3) is 0 Å². The maximum Gasteiger partial charge on any atom is 0.164 e. The summed E-state index contributed by atoms with van der Waals surface area (Å²) in [5.74, 6) is 1.54. The highest BCUT2D eigenvalue weighted by molar-refractivity contribution is 6.21. The molecule has 3 heterocycles. The van der Waals surface area contributed by atoms with E-state index in [1.54, 1.807) is 0 Å². The number of benzene rings is 9. The summed E-state index contributed by atoms with van der Waals surface area (Å²) in [5.41, 5.74) is 16.4. The molecule has 6 nitrogen and oxygen atoms in total. The normalized spacial score (nSPS) is 13.0. The number of hydrogen-bond acceptors (Lipinski definition) is 5. The fourth-order valence-corrected chi connectivity index (χ4v) is 11.2. The molecule has 2 aliphatic rings. The molecule has 6 heteroatoms. The minimum absolute atomic E-state index is 0.438. The van der Waals surface area contributed by atoms with E-state index in [2.05, 4.69) is 126 Å². The molecule has 300 valence electrons. The van der Waals surface area contributed by atoms with Crippen molar-refractivity contribution in [1.82, 2.24) is 19.5 Å². The molecule has 0 fully saturated rings. The summed E-state index contributed by atoms with van der Waals surface area (Å²) in [6.07, 6.45) is 0. The van der Waals surface area contributed by atoms with Crippen LogP contribution in [0.1, 0.15) is 27.8 Å². The minimum Gasteiger partial charge on any atom is -0.454 e. The number of fused-ring (bicyclic) bond motifs is 17. The van der Waals surface area contributed by atoms with E-state index in [0.717, 1.165) is 43.7 Å². The fraction of sp³-hybridized carbons (Fsp3) is 0.0169. The van der Waals surface area contributed by atoms with Gasteiger partial charge in [-0.15, -0.1) is 0 Å². The van der Waals surface area contributed by atoms with Gasteiger partial charge in [0.05, 0.1) is 22.0 Å². The van der Waals surface area contributed by atoms with Crippen molar-refractivity contribution in [3.63, 3.8) is 0 Å². The molecule has 0 unspecified atom stereocenters. The first-order valence-corrected chi connectivity index (χ1v) is 21.8. The van der Waals surface area contributed by atoms with E-state index in [9.17, 15) is 5.26 Å². The number of nitrogens with zero attached hydrogens (tertiary/aromatic N) is 5. The minimum atomic E-state index is -0.496. The van der Waals surface area contributed by atoms with Crippen molar-refractivity contribution in [2.24, 2.45) is 0 Å². The first kappa shape index (κ1) is 35.7. The molecule has 3 aromatic heterocycles. The Balaban J connectivity index is 1.09. The molecule has 0 saturated carbocycles. The second-order valence-electron chi connectivity index (χ2n) is 16.9. The molecule has 0 N–H and O–H groups in total. The predicted molar refractivity (Wildman–Crippen MR) is 259 cm³/mol. The smallest absolute Gasteiger partial charge is 0.164 e. The second-order valence-corrected chi connectivity index (χ2v) is 16.9. The Morgan fingerprint density at radius 2 is 0.985 bits per heavy atom. The molecule has 1 spiro atoms. The Hall–Kier alpha value is -8.92. The Kier molecular flexibility index (Phi) is 7.29. The second kappa shape index (κ2) is 13.3. The van der Waals surface area contributed by atoms with Crippen molar-refractivity contribution in [3.8, 4) is 68.2 Å². The third kappa shape index (κ3) is 4.73. The lowest BCUT2D eigenvalue weighted by molar-refractivity contribution is 0.666. The van der Waals surface area contributed by atoms with Gasteiger partial charge in [0.15, 0.2) is 23.1 Å². The first-order valence-electron chi connectivity index (χ1n) is 21.8. The van der Waals surface area contributed by atoms with Gasteiger partial charge >= 0.3 is 0 Å². The van der Waals surface area contributed by atoms with Crippen LogP contribution in [0.5, 0.6) is 0 Å². The zero-order valence-electron chi connectivity index (χ0n) is 34.7. The maximum atomic E-state index is 11.4. The van der Waals surface area contributed by atoms with Crippen LogP contribution in [-0.2, 0) is 5.41 Å². The third-order valence-corrected chi connectivity index (χ3v) is 13.7. The van der Waals surface area contributed by atoms with E-state index < -0.39 is 5.41 Å². The number of aromatic nitrogens is 4. The van der Waals surface area contributed by atoms with Crippen LogP contribution in [0.15, 0.2) is 205 Å². The van der Waals surface area contributed by atoms with E-state index in [1.807, 2.05) is 84.9 Å². The Bertz CT molecular complexity index is 3920. The monoisotopic (exact) mass is 827 g/mol. The Labute approximate surface area is 373 Å². The average Bonchev–Trinajstić information content (AvgIpc) is 4.10. The van der Waals surface area contributed by atoms with E-state index >= 15 is 0 Å². The first-order chi connectivity index (χ1) is 32.2. The van der Waals surface area contributed by atoms with Gasteiger partial charge in [-0.05, 0) is 68.8 Å². The van der Waals surface area contributed by atoms with Crippen LogP contribution in [0.2, 0.25) is 0 Å². The summed E-state index contributed by atoms with van der Waals surface area (Å²) in [6, 6.07) is 72.4. The molecule has 0 radical (unpaired) electrons. The molecule has 9 aromatic carbocycles. The SMILES string of the molecule is N#Cc1cc(-c2nc(-c3ccccc3)nc(-c3ccccc3)n2)c2c(oc3ccccc32)c1-n1c2ccccc2c2c3c(ccc21)C1(c2ccccc2-c2ccccc21)c1ccccc1-3. The molecule has 2 aliphatic carbocycles. The number of hydrogen-bond donors (Lipinski definition) is 0. The quantitative estimate of drug-likeness (QED) is 0.176. The maximum absolute atomic E-state index is 11.4. The van der Waals surface area contributed by atoms with Crippen molar-refractivity contribution in [1.29, 1.82) is 5.26 Å². The van der Waals surface area contributed by atoms with E-state index in [-0.39, 0.29) is 0 Å². The molecule has 0 atom stereocenters. The van der Waals surface area contributed by atoms with Crippen LogP contribution < -0.4 is 0 Å². The molecule has 14 rings (SSSR count). The van der Waals surface area contributed by atoms with Gasteiger partial charge in [0, 0.05) is 38.2 Å². The summed E-state index contributed by atoms with van der Waals surface area (Å²) < 4.78 is 9.25. The summed E-state index contributed by atoms with van der Waals surface area (Å²) in [4.78, 5) is 15.3. The van der Waals surface area contributed by atoms with Gasteiger partial charge in [-0.1, -0.05) is 176 Å². The molecule has 0 aliphatic heterocycles. The highest BCUT2D eigenvalue weighted by Crippen LogP contribution is 2.64. The van der Waals surface area contributed by atoms with Crippen LogP contribution in [0, 0.1) is 11.3 Å². The zero-order chi connectivity index (χ0) is 42.8. The van der Waals surface area contributed by atoms with E-state index in [4.69, 9.17) is 19.4 Å². The van der Waals surface area contributed by atoms with Gasteiger partial charge in [-0.25, -0.2) is 15.0 Å². The Morgan fingerprint density at radius 3 is 1.65 bits per heavy atom. The van der Waals surface area contributed by atoms with Gasteiger partial charge < -0.3 is 8.98 Å². The summed E-state index contributed by atoms with van der Waals surface area (Å²) >= 11 is 0. The van der Waals surface area contributed by atoms with Crippen LogP contribution in [0.3, 0.4) is 0 Å². The summed E-state index contributed by atoms with van der Waals surface area (Å²) in [5, 5.41) is 15.4. The van der Waals surface area contributed by atoms with Crippen molar-refractivity contribution in [2.45, 2.75) is 5.41 Å². The van der Waals surface area contributed by atoms with Gasteiger partial charge in [0.1, 0.15) is 17.3 Å². The largest absolute Gasteiger partial charge is 0.454 e. The van der Waals surface area contributed by atoms with Gasteiger partial charge in [-0.3, -0.25) is 0 Å². The van der Waals surface area contributed by atoms with Crippen LogP contribution in [0.25, 0.3) is 106 Å². The number of para-hydroxylation sites is 2. The molecule has 65 heavy (non-hydrogen) atoms. The highest BCUT2D eigenvalue weighted by Gasteiger charge is 2.52.